The topological polar surface area (TPSA) is 55.6 Å². The van der Waals surface area contributed by atoms with E-state index < -0.39 is 0 Å². The van der Waals surface area contributed by atoms with Gasteiger partial charge in [0, 0.05) is 12.2 Å². The average Bonchev–Trinajstić information content (AvgIpc) is 2.87. The molecule has 2 rings (SSSR count). The molecule has 0 aromatic heterocycles. The van der Waals surface area contributed by atoms with Gasteiger partial charge < -0.3 is 15.4 Å². The lowest BCUT2D eigenvalue weighted by molar-refractivity contribution is 0.0491. The van der Waals surface area contributed by atoms with Gasteiger partial charge in [0.15, 0.2) is 0 Å². The number of hydrogen-bond acceptors (Lipinski definition) is 4. The van der Waals surface area contributed by atoms with Crippen LogP contribution < -0.4 is 5.73 Å². The zero-order valence-electron chi connectivity index (χ0n) is 10.6. The molecule has 0 spiro atoms. The van der Waals surface area contributed by atoms with Gasteiger partial charge in [-0.2, -0.15) is 0 Å². The molecule has 0 radical (unpaired) electrons. The number of esters is 1. The van der Waals surface area contributed by atoms with Gasteiger partial charge in [0.05, 0.1) is 12.2 Å². The first kappa shape index (κ1) is 12.9. The second-order valence-corrected chi connectivity index (χ2v) is 4.66. The van der Waals surface area contributed by atoms with Crippen LogP contribution in [-0.2, 0) is 4.74 Å². The molecule has 0 amide bonds. The third kappa shape index (κ3) is 3.74. The number of nitrogens with two attached hydrogens (primary N) is 1. The number of ether oxygens (including phenoxy) is 1. The summed E-state index contributed by atoms with van der Waals surface area (Å²) in [4.78, 5) is 14.1. The Morgan fingerprint density at radius 1 is 1.33 bits per heavy atom. The third-order valence-corrected chi connectivity index (χ3v) is 3.17. The first-order valence-corrected chi connectivity index (χ1v) is 6.51. The van der Waals surface area contributed by atoms with Crippen molar-refractivity contribution in [2.24, 2.45) is 0 Å². The number of carbonyl (C=O) groups excluding carboxylic acids is 1. The van der Waals surface area contributed by atoms with Crippen molar-refractivity contribution in [1.82, 2.24) is 4.90 Å². The van der Waals surface area contributed by atoms with E-state index >= 15 is 0 Å². The fraction of sp³-hybridized carbons (Fsp3) is 0.500. The summed E-state index contributed by atoms with van der Waals surface area (Å²) >= 11 is 0. The highest BCUT2D eigenvalue weighted by atomic mass is 16.5. The lowest BCUT2D eigenvalue weighted by Crippen LogP contribution is -2.22. The van der Waals surface area contributed by atoms with Gasteiger partial charge in [-0.05, 0) is 50.6 Å². The smallest absolute Gasteiger partial charge is 0.338 e. The number of benzene rings is 1. The van der Waals surface area contributed by atoms with Gasteiger partial charge in [-0.15, -0.1) is 0 Å². The number of nitrogens with zero attached hydrogens (tertiary/aromatic N) is 1. The molecule has 98 valence electrons. The molecule has 0 bridgehead atoms. The van der Waals surface area contributed by atoms with E-state index in [4.69, 9.17) is 10.5 Å². The molecule has 1 saturated heterocycles. The summed E-state index contributed by atoms with van der Waals surface area (Å²) in [6.07, 6.45) is 3.49. The van der Waals surface area contributed by atoms with Crippen molar-refractivity contribution in [3.63, 3.8) is 0 Å². The first-order valence-electron chi connectivity index (χ1n) is 6.51. The van der Waals surface area contributed by atoms with E-state index in [2.05, 4.69) is 4.90 Å². The maximum atomic E-state index is 11.7. The van der Waals surface area contributed by atoms with E-state index in [-0.39, 0.29) is 5.97 Å². The zero-order valence-corrected chi connectivity index (χ0v) is 10.6. The molecular weight excluding hydrogens is 228 g/mol. The molecule has 2 N–H and O–H groups in total. The van der Waals surface area contributed by atoms with Gasteiger partial charge in [0.1, 0.15) is 0 Å². The minimum absolute atomic E-state index is 0.288. The summed E-state index contributed by atoms with van der Waals surface area (Å²) in [7, 11) is 0. The van der Waals surface area contributed by atoms with Gasteiger partial charge in [-0.25, -0.2) is 4.79 Å². The van der Waals surface area contributed by atoms with Gasteiger partial charge in [0.25, 0.3) is 0 Å². The minimum Gasteiger partial charge on any atom is -0.462 e. The number of hydrogen-bond donors (Lipinski definition) is 1. The summed E-state index contributed by atoms with van der Waals surface area (Å²) < 4.78 is 5.22. The zero-order chi connectivity index (χ0) is 12.8. The number of likely N-dealkylation sites (tertiary alicyclic amines) is 1. The predicted molar refractivity (Wildman–Crippen MR) is 71.4 cm³/mol. The number of nitrogen functional groups attached to an aromatic ring is 1. The Morgan fingerprint density at radius 2 is 2.11 bits per heavy atom. The van der Waals surface area contributed by atoms with E-state index in [1.165, 1.54) is 25.9 Å². The van der Waals surface area contributed by atoms with Crippen molar-refractivity contribution >= 4 is 11.7 Å². The second-order valence-electron chi connectivity index (χ2n) is 4.66. The average molecular weight is 248 g/mol. The fourth-order valence-electron chi connectivity index (χ4n) is 2.21. The van der Waals surface area contributed by atoms with Crippen LogP contribution in [0.25, 0.3) is 0 Å². The quantitative estimate of drug-likeness (QED) is 0.491. The second kappa shape index (κ2) is 6.40. The molecule has 0 saturated carbocycles. The molecule has 18 heavy (non-hydrogen) atoms. The monoisotopic (exact) mass is 248 g/mol. The predicted octanol–water partition coefficient (Wildman–Crippen LogP) is 1.91. The molecule has 1 aliphatic heterocycles. The van der Waals surface area contributed by atoms with Crippen molar-refractivity contribution in [1.29, 1.82) is 0 Å². The summed E-state index contributed by atoms with van der Waals surface area (Å²) in [5.41, 5.74) is 6.73. The highest BCUT2D eigenvalue weighted by Gasteiger charge is 2.11. The van der Waals surface area contributed by atoms with Crippen molar-refractivity contribution in [2.75, 3.05) is 32.0 Å². The highest BCUT2D eigenvalue weighted by molar-refractivity contribution is 5.90. The number of anilines is 1. The van der Waals surface area contributed by atoms with Gasteiger partial charge in [-0.3, -0.25) is 0 Å². The standard InChI is InChI=1S/C14H20N2O2/c15-13-6-3-5-12(11-13)14(17)18-10-4-9-16-7-1-2-8-16/h3,5-6,11H,1-2,4,7-10,15H2. The molecule has 1 aromatic carbocycles. The van der Waals surface area contributed by atoms with Crippen LogP contribution in [0.15, 0.2) is 24.3 Å². The maximum absolute atomic E-state index is 11.7. The van der Waals surface area contributed by atoms with Crippen molar-refractivity contribution in [2.45, 2.75) is 19.3 Å². The molecule has 4 heteroatoms. The van der Waals surface area contributed by atoms with Crippen LogP contribution in [0.3, 0.4) is 0 Å². The molecule has 1 aromatic rings. The Kier molecular flexibility index (Phi) is 4.59. The van der Waals surface area contributed by atoms with Crippen LogP contribution in [-0.4, -0.2) is 37.1 Å². The Morgan fingerprint density at radius 3 is 2.83 bits per heavy atom. The fourth-order valence-corrected chi connectivity index (χ4v) is 2.21. The Labute approximate surface area is 108 Å². The molecule has 0 aliphatic carbocycles. The van der Waals surface area contributed by atoms with Gasteiger partial charge in [0.2, 0.25) is 0 Å². The van der Waals surface area contributed by atoms with Crippen molar-refractivity contribution in [3.05, 3.63) is 29.8 Å². The maximum Gasteiger partial charge on any atom is 0.338 e. The van der Waals surface area contributed by atoms with E-state index in [0.29, 0.717) is 17.9 Å². The highest BCUT2D eigenvalue weighted by Crippen LogP contribution is 2.09. The van der Waals surface area contributed by atoms with E-state index in [1.807, 2.05) is 0 Å². The van der Waals surface area contributed by atoms with E-state index in [1.54, 1.807) is 24.3 Å². The van der Waals surface area contributed by atoms with Crippen LogP contribution in [0.1, 0.15) is 29.6 Å². The van der Waals surface area contributed by atoms with Crippen LogP contribution in [0, 0.1) is 0 Å². The Hall–Kier alpha value is -1.55. The van der Waals surface area contributed by atoms with Crippen molar-refractivity contribution < 1.29 is 9.53 Å². The van der Waals surface area contributed by atoms with Crippen LogP contribution in [0.2, 0.25) is 0 Å². The molecule has 1 fully saturated rings. The summed E-state index contributed by atoms with van der Waals surface area (Å²) in [6.45, 7) is 3.86. The van der Waals surface area contributed by atoms with Gasteiger partial charge >= 0.3 is 5.97 Å². The lowest BCUT2D eigenvalue weighted by Gasteiger charge is -2.13. The Bertz CT molecular complexity index is 401. The summed E-state index contributed by atoms with van der Waals surface area (Å²) in [6, 6.07) is 6.88. The Balaban J connectivity index is 1.68. The van der Waals surface area contributed by atoms with Crippen LogP contribution in [0.4, 0.5) is 5.69 Å². The number of carbonyl (C=O) groups is 1. The van der Waals surface area contributed by atoms with Crippen LogP contribution >= 0.6 is 0 Å². The SMILES string of the molecule is Nc1cccc(C(=O)OCCCN2CCCC2)c1. The molecule has 1 aliphatic rings. The lowest BCUT2D eigenvalue weighted by atomic mass is 10.2. The number of rotatable bonds is 5. The largest absolute Gasteiger partial charge is 0.462 e. The van der Waals surface area contributed by atoms with Crippen molar-refractivity contribution in [3.8, 4) is 0 Å². The summed E-state index contributed by atoms with van der Waals surface area (Å²) in [5, 5.41) is 0. The molecular formula is C14H20N2O2. The molecule has 4 nitrogen and oxygen atoms in total. The van der Waals surface area contributed by atoms with Crippen LogP contribution in [0.5, 0.6) is 0 Å². The normalized spacial score (nSPS) is 15.8. The summed E-state index contributed by atoms with van der Waals surface area (Å²) in [5.74, 6) is -0.288. The molecule has 0 unspecified atom stereocenters. The van der Waals surface area contributed by atoms with Gasteiger partial charge in [-0.1, -0.05) is 6.07 Å². The molecule has 0 atom stereocenters. The van der Waals surface area contributed by atoms with E-state index in [0.717, 1.165) is 13.0 Å². The third-order valence-electron chi connectivity index (χ3n) is 3.17. The minimum atomic E-state index is -0.288. The molecule has 1 heterocycles. The first-order chi connectivity index (χ1) is 8.75. The van der Waals surface area contributed by atoms with E-state index in [9.17, 15) is 4.79 Å².